The van der Waals surface area contributed by atoms with Gasteiger partial charge in [-0.25, -0.2) is 8.78 Å². The van der Waals surface area contributed by atoms with Crippen LogP contribution in [0, 0.1) is 29.6 Å². The summed E-state index contributed by atoms with van der Waals surface area (Å²) in [6.07, 6.45) is 7.68. The molecule has 6 heterocycles. The minimum atomic E-state index is -3.10. The number of hydrogen-bond donors (Lipinski definition) is 4. The van der Waals surface area contributed by atoms with Gasteiger partial charge in [0, 0.05) is 99.6 Å². The second-order valence-corrected chi connectivity index (χ2v) is 23.4. The number of carbonyl (C=O) groups excluding carboxylic acids is 10. The second kappa shape index (κ2) is 24.1. The summed E-state index contributed by atoms with van der Waals surface area (Å²) in [5.74, 6) is -1.57. The summed E-state index contributed by atoms with van der Waals surface area (Å²) >= 11 is 1.06. The van der Waals surface area contributed by atoms with Crippen LogP contribution >= 0.6 is 11.3 Å². The molecule has 6 atom stereocenters. The maximum Gasteiger partial charge on any atom is 0.270 e. The van der Waals surface area contributed by atoms with Gasteiger partial charge >= 0.3 is 0 Å². The lowest BCUT2D eigenvalue weighted by Crippen LogP contribution is -2.57. The van der Waals surface area contributed by atoms with Gasteiger partial charge < -0.3 is 36.0 Å². The van der Waals surface area contributed by atoms with E-state index in [4.69, 9.17) is 5.73 Å². The molecule has 0 radical (unpaired) electrons. The Hall–Kier alpha value is -7.08. The molecule has 0 bridgehead atoms. The first-order chi connectivity index (χ1) is 37.7. The van der Waals surface area contributed by atoms with Gasteiger partial charge in [-0.15, -0.1) is 11.3 Å². The maximum absolute atomic E-state index is 14.6. The number of nitrogens with zero attached hydrogens (tertiary/aromatic N) is 4. The third kappa shape index (κ3) is 12.8. The lowest BCUT2D eigenvalue weighted by Gasteiger charge is -2.37. The minimum absolute atomic E-state index is 0.0654. The number of carbonyl (C=O) groups is 10. The van der Waals surface area contributed by atoms with Crippen LogP contribution in [0.5, 0.6) is 0 Å². The Kier molecular flexibility index (Phi) is 17.3. The molecular formula is C58H68F2N8O10S. The first-order valence-corrected chi connectivity index (χ1v) is 28.5. The number of nitrogens with two attached hydrogens (primary N) is 1. The third-order valence-electron chi connectivity index (χ3n) is 16.9. The standard InChI is InChI=1S/C58H68F2N8O10S/c1-33(69)66-30-39-16-18-46(68(39)57(78)44(32-66)63-54(75)49-28-37-27-38(58(2,59)60)15-20-48(37)79-49)53(74)62-43(17-21-50(61)71)47(70)29-41(35-10-4-3-5-11-35)55(76)65-25-23-34(24-26-65)9-6-7-12-36-13-8-14-40-42(36)31-67(56(40)77)45-19-22-51(72)64-52(45)73/h8,13-15,20,27-28,34-35,39,41,43-46H,3-6,9-11,16-19,21-26,29-32H2,1-2H3,(H2,61,71)(H,62,74)(H,63,75)(H,64,72,73)/t39-,41+,43+,44+,45?,46+/m1/s1. The van der Waals surface area contributed by atoms with Gasteiger partial charge in [0.05, 0.1) is 17.0 Å². The number of alkyl halides is 2. The number of halogens is 2. The molecule has 4 saturated heterocycles. The van der Waals surface area contributed by atoms with Gasteiger partial charge in [-0.3, -0.25) is 53.3 Å². The van der Waals surface area contributed by atoms with Crippen molar-refractivity contribution >= 4 is 80.4 Å². The Balaban J connectivity index is 0.830. The molecule has 1 aromatic heterocycles. The SMILES string of the molecule is CC(=O)N1C[C@H]2CC[C@@H](C(=O)N[C@@H](CCC(N)=O)C(=O)C[C@H](C(=O)N3CCC(CCC#Cc4cccc5c4CN(C4CCC(=O)NC4=O)C5=O)CC3)C3CCCCC3)N2C(=O)[C@@H](NC(=O)c2cc3cc(C(C)(F)F)ccc3s2)C1. The van der Waals surface area contributed by atoms with Crippen LogP contribution in [0.3, 0.4) is 0 Å². The molecule has 18 nitrogen and oxygen atoms in total. The van der Waals surface area contributed by atoms with E-state index in [0.29, 0.717) is 47.5 Å². The van der Waals surface area contributed by atoms with Crippen LogP contribution in [0.25, 0.3) is 10.1 Å². The largest absolute Gasteiger partial charge is 0.370 e. The molecule has 5 aliphatic heterocycles. The quantitative estimate of drug-likeness (QED) is 0.110. The van der Waals surface area contributed by atoms with Gasteiger partial charge in [-0.1, -0.05) is 43.2 Å². The summed E-state index contributed by atoms with van der Waals surface area (Å²) in [7, 11) is 0. The van der Waals surface area contributed by atoms with Gasteiger partial charge in [0.2, 0.25) is 41.4 Å². The molecule has 21 heteroatoms. The van der Waals surface area contributed by atoms with Crippen LogP contribution in [-0.2, 0) is 50.8 Å². The van der Waals surface area contributed by atoms with Gasteiger partial charge in [0.15, 0.2) is 5.78 Å². The summed E-state index contributed by atoms with van der Waals surface area (Å²) in [4.78, 5) is 141. The molecule has 3 aromatic rings. The normalized spacial score (nSPS) is 22.8. The van der Waals surface area contributed by atoms with Crippen LogP contribution in [0.2, 0.25) is 0 Å². The Bertz CT molecular complexity index is 3010. The molecule has 0 spiro atoms. The van der Waals surface area contributed by atoms with Crippen LogP contribution in [0.1, 0.15) is 153 Å². The number of amides is 9. The molecule has 6 aliphatic rings. The summed E-state index contributed by atoms with van der Waals surface area (Å²) < 4.78 is 28.8. The first kappa shape index (κ1) is 56.6. The number of hydrogen-bond acceptors (Lipinski definition) is 11. The highest BCUT2D eigenvalue weighted by Gasteiger charge is 2.48. The van der Waals surface area contributed by atoms with Crippen molar-refractivity contribution in [1.29, 1.82) is 0 Å². The van der Waals surface area contributed by atoms with E-state index in [-0.39, 0.29) is 98.1 Å². The molecule has 9 amide bonds. The number of fused-ring (bicyclic) bond motifs is 3. The number of benzene rings is 2. The van der Waals surface area contributed by atoms with Crippen molar-refractivity contribution in [2.75, 3.05) is 26.2 Å². The smallest absolute Gasteiger partial charge is 0.270 e. The highest BCUT2D eigenvalue weighted by atomic mass is 32.1. The van der Waals surface area contributed by atoms with Gasteiger partial charge in [0.25, 0.3) is 17.7 Å². The highest BCUT2D eigenvalue weighted by molar-refractivity contribution is 7.20. The Labute approximate surface area is 461 Å². The number of primary amides is 1. The topological polar surface area (TPSA) is 246 Å². The van der Waals surface area contributed by atoms with Crippen molar-refractivity contribution in [3.63, 3.8) is 0 Å². The predicted octanol–water partition coefficient (Wildman–Crippen LogP) is 5.07. The molecule has 5 N–H and O–H groups in total. The highest BCUT2D eigenvalue weighted by Crippen LogP contribution is 2.37. The Morgan fingerprint density at radius 2 is 1.67 bits per heavy atom. The molecular weight excluding hydrogens is 1040 g/mol. The molecule has 1 saturated carbocycles. The van der Waals surface area contributed by atoms with Crippen molar-refractivity contribution in [2.24, 2.45) is 23.5 Å². The second-order valence-electron chi connectivity index (χ2n) is 22.3. The van der Waals surface area contributed by atoms with E-state index < -0.39 is 77.4 Å². The fourth-order valence-electron chi connectivity index (χ4n) is 12.5. The van der Waals surface area contributed by atoms with Crippen molar-refractivity contribution in [3.05, 3.63) is 69.6 Å². The van der Waals surface area contributed by atoms with Crippen LogP contribution < -0.4 is 21.7 Å². The maximum atomic E-state index is 14.6. The van der Waals surface area contributed by atoms with Gasteiger partial charge in [-0.2, -0.15) is 0 Å². The lowest BCUT2D eigenvalue weighted by atomic mass is 9.76. The third-order valence-corrected chi connectivity index (χ3v) is 18.1. The van der Waals surface area contributed by atoms with Gasteiger partial charge in [0.1, 0.15) is 18.1 Å². The number of nitrogens with one attached hydrogen (secondary N) is 3. The van der Waals surface area contributed by atoms with Crippen LogP contribution in [-0.4, -0.2) is 135 Å². The van der Waals surface area contributed by atoms with Crippen molar-refractivity contribution in [1.82, 2.24) is 35.6 Å². The summed E-state index contributed by atoms with van der Waals surface area (Å²) in [6, 6.07) is 6.04. The number of thiophene rings is 1. The summed E-state index contributed by atoms with van der Waals surface area (Å²) in [5.41, 5.74) is 7.35. The molecule has 5 fully saturated rings. The zero-order chi connectivity index (χ0) is 56.3. The number of likely N-dealkylation sites (tertiary alicyclic amines) is 1. The van der Waals surface area contributed by atoms with Crippen molar-refractivity contribution in [3.8, 4) is 11.8 Å². The number of imide groups is 1. The zero-order valence-corrected chi connectivity index (χ0v) is 45.4. The van der Waals surface area contributed by atoms with Crippen molar-refractivity contribution < 1.29 is 56.7 Å². The molecule has 9 rings (SSSR count). The molecule has 420 valence electrons. The molecule has 79 heavy (non-hydrogen) atoms. The first-order valence-electron chi connectivity index (χ1n) is 27.7. The average Bonchev–Trinajstić information content (AvgIpc) is 4.36. The van der Waals surface area contributed by atoms with E-state index in [0.717, 1.165) is 80.8 Å². The minimum Gasteiger partial charge on any atom is -0.370 e. The van der Waals surface area contributed by atoms with E-state index in [2.05, 4.69) is 27.8 Å². The van der Waals surface area contributed by atoms with E-state index in [9.17, 15) is 56.7 Å². The molecule has 2 aromatic carbocycles. The molecule has 1 unspecified atom stereocenters. The van der Waals surface area contributed by atoms with E-state index in [1.165, 1.54) is 45.9 Å². The van der Waals surface area contributed by atoms with Crippen LogP contribution in [0.15, 0.2) is 42.5 Å². The summed E-state index contributed by atoms with van der Waals surface area (Å²) in [6.45, 7) is 3.27. The average molecular weight is 1110 g/mol. The van der Waals surface area contributed by atoms with Crippen molar-refractivity contribution in [2.45, 2.75) is 159 Å². The summed E-state index contributed by atoms with van der Waals surface area (Å²) in [5, 5.41) is 8.34. The van der Waals surface area contributed by atoms with E-state index >= 15 is 0 Å². The Morgan fingerprint density at radius 3 is 2.38 bits per heavy atom. The Morgan fingerprint density at radius 1 is 0.911 bits per heavy atom. The number of rotatable bonds is 16. The monoisotopic (exact) mass is 1110 g/mol. The zero-order valence-electron chi connectivity index (χ0n) is 44.6. The predicted molar refractivity (Wildman–Crippen MR) is 287 cm³/mol. The number of ketones is 1. The van der Waals surface area contributed by atoms with E-state index in [1.54, 1.807) is 12.1 Å². The van der Waals surface area contributed by atoms with Gasteiger partial charge in [-0.05, 0) is 111 Å². The fraction of sp³-hybridized carbons (Fsp3) is 0.552. The van der Waals surface area contributed by atoms with Crippen LogP contribution in [0.4, 0.5) is 8.78 Å². The fourth-order valence-corrected chi connectivity index (χ4v) is 13.5. The molecule has 1 aliphatic carbocycles. The lowest BCUT2D eigenvalue weighted by molar-refractivity contribution is -0.143. The number of piperidine rings is 2. The number of Topliss-reactive ketones (excluding diaryl/α,β-unsaturated/α-hetero) is 1. The van der Waals surface area contributed by atoms with E-state index in [1.807, 2.05) is 11.0 Å².